The molecule has 0 radical (unpaired) electrons. The van der Waals surface area contributed by atoms with E-state index in [1.165, 1.54) is 0 Å². The molecule has 2 aliphatic rings. The Labute approximate surface area is 104 Å². The van der Waals surface area contributed by atoms with Gasteiger partial charge in [-0.15, -0.1) is 0 Å². The van der Waals surface area contributed by atoms with Gasteiger partial charge in [-0.25, -0.2) is 0 Å². The van der Waals surface area contributed by atoms with Gasteiger partial charge < -0.3 is 0 Å². The minimum atomic E-state index is -2.20. The van der Waals surface area contributed by atoms with Gasteiger partial charge in [-0.05, 0) is 0 Å². The molecule has 0 bridgehead atoms. The van der Waals surface area contributed by atoms with Gasteiger partial charge in [-0.1, -0.05) is 0 Å². The van der Waals surface area contributed by atoms with Gasteiger partial charge in [0.05, 0.1) is 0 Å². The second kappa shape index (κ2) is 4.58. The molecular formula is C14H16NiO2. The zero-order valence-electron chi connectivity index (χ0n) is 10.0. The molecule has 0 aromatic rings. The van der Waals surface area contributed by atoms with Crippen molar-refractivity contribution in [2.75, 3.05) is 0 Å². The summed E-state index contributed by atoms with van der Waals surface area (Å²) < 4.78 is 2.05. The molecule has 0 heterocycles. The number of allylic oxidation sites excluding steroid dienone is 8. The first-order chi connectivity index (χ1) is 8.10. The monoisotopic (exact) mass is 274 g/mol. The summed E-state index contributed by atoms with van der Waals surface area (Å²) in [4.78, 5) is 24.3. The Hall–Kier alpha value is -1.21. The molecule has 0 saturated heterocycles. The number of hydrogen-bond donors (Lipinski definition) is 0. The Kier molecular flexibility index (Phi) is 3.30. The molecule has 0 spiro atoms. The summed E-state index contributed by atoms with van der Waals surface area (Å²) in [5.74, 6) is 0. The zero-order chi connectivity index (χ0) is 12.5. The Morgan fingerprint density at radius 3 is 1.59 bits per heavy atom. The molecule has 0 fully saturated rings. The summed E-state index contributed by atoms with van der Waals surface area (Å²) in [6.07, 6.45) is 13.3. The molecule has 0 N–H and O–H groups in total. The molecule has 0 atom stereocenters. The molecule has 0 saturated carbocycles. The fourth-order valence-corrected chi connectivity index (χ4v) is 6.23. The first-order valence-corrected chi connectivity index (χ1v) is 7.45. The molecule has 3 heteroatoms. The van der Waals surface area contributed by atoms with E-state index in [0.717, 1.165) is 21.9 Å². The van der Waals surface area contributed by atoms with Crippen LogP contribution in [0.3, 0.4) is 0 Å². The number of hydrogen-bond acceptors (Lipinski definition) is 2. The molecule has 0 unspecified atom stereocenters. The van der Waals surface area contributed by atoms with Crippen molar-refractivity contribution in [2.24, 2.45) is 0 Å². The zero-order valence-corrected chi connectivity index (χ0v) is 11.0. The molecule has 2 aliphatic carbocycles. The van der Waals surface area contributed by atoms with E-state index in [1.54, 1.807) is 13.8 Å². The van der Waals surface area contributed by atoms with Crippen molar-refractivity contribution in [3.63, 3.8) is 0 Å². The molecule has 2 nitrogen and oxygen atoms in total. The Balaban J connectivity index is 2.54. The third-order valence-electron chi connectivity index (χ3n) is 2.68. The molecule has 17 heavy (non-hydrogen) atoms. The van der Waals surface area contributed by atoms with Crippen molar-refractivity contribution < 1.29 is 22.0 Å². The van der Waals surface area contributed by atoms with E-state index in [9.17, 15) is 9.59 Å². The second-order valence-corrected chi connectivity index (χ2v) is 7.88. The fourth-order valence-electron chi connectivity index (χ4n) is 2.03. The van der Waals surface area contributed by atoms with Gasteiger partial charge in [0.1, 0.15) is 0 Å². The van der Waals surface area contributed by atoms with Crippen LogP contribution in [0.25, 0.3) is 0 Å². The van der Waals surface area contributed by atoms with E-state index < -0.39 is 12.4 Å². The molecular weight excluding hydrogens is 259 g/mol. The van der Waals surface area contributed by atoms with Gasteiger partial charge in [0.15, 0.2) is 0 Å². The van der Waals surface area contributed by atoms with E-state index in [-0.39, 0.29) is 9.51 Å². The van der Waals surface area contributed by atoms with Crippen molar-refractivity contribution in [3.8, 4) is 0 Å². The van der Waals surface area contributed by atoms with Crippen molar-refractivity contribution in [1.29, 1.82) is 0 Å². The summed E-state index contributed by atoms with van der Waals surface area (Å²) >= 11 is -2.20. The van der Waals surface area contributed by atoms with Crippen LogP contribution in [0.15, 0.2) is 45.5 Å². The molecule has 0 amide bonds. The molecule has 0 aromatic heterocycles. The van der Waals surface area contributed by atoms with Crippen LogP contribution in [0.5, 0.6) is 0 Å². The van der Waals surface area contributed by atoms with Crippen molar-refractivity contribution >= 4 is 9.51 Å². The van der Waals surface area contributed by atoms with Gasteiger partial charge in [0.2, 0.25) is 0 Å². The number of rotatable bonds is 4. The summed E-state index contributed by atoms with van der Waals surface area (Å²) in [5.41, 5.74) is 0. The van der Waals surface area contributed by atoms with Crippen LogP contribution < -0.4 is 0 Å². The minimum absolute atomic E-state index is 0.0196. The van der Waals surface area contributed by atoms with Crippen LogP contribution in [-0.2, 0) is 22.0 Å². The fraction of sp³-hybridized carbons (Fsp3) is 0.286. The van der Waals surface area contributed by atoms with E-state index >= 15 is 0 Å². The second-order valence-electron chi connectivity index (χ2n) is 3.74. The standard InChI is InChI=1S/2C5H5.2C2H3O.Ni/c2*1-2-4-5-3-1;2*1-2-3;/h2*1-3H,4H2;2*1H3;. The van der Waals surface area contributed by atoms with Gasteiger partial charge in [-0.3, -0.25) is 0 Å². The van der Waals surface area contributed by atoms with E-state index in [2.05, 4.69) is 0 Å². The predicted molar refractivity (Wildman–Crippen MR) is 65.0 cm³/mol. The SMILES string of the molecule is C[C](=O)[Ni]([C](C)=O)([C]1=CC=CC1)[C]1=CC=CC1. The number of carbonyl (C=O) groups excluding carboxylic acids is 2. The molecule has 0 aliphatic heterocycles. The summed E-state index contributed by atoms with van der Waals surface area (Å²) in [7, 11) is 0. The third kappa shape index (κ3) is 1.79. The van der Waals surface area contributed by atoms with Crippen LogP contribution in [0, 0.1) is 0 Å². The van der Waals surface area contributed by atoms with Crippen molar-refractivity contribution in [3.05, 3.63) is 45.5 Å². The van der Waals surface area contributed by atoms with Gasteiger partial charge in [-0.2, -0.15) is 0 Å². The normalized spacial score (nSPS) is 19.2. The summed E-state index contributed by atoms with van der Waals surface area (Å²) in [6, 6.07) is 0. The Bertz CT molecular complexity index is 446. The van der Waals surface area contributed by atoms with Gasteiger partial charge in [0.25, 0.3) is 0 Å². The topological polar surface area (TPSA) is 34.1 Å². The van der Waals surface area contributed by atoms with Crippen LogP contribution in [-0.4, -0.2) is 9.51 Å². The van der Waals surface area contributed by atoms with E-state index in [1.807, 2.05) is 36.5 Å². The Morgan fingerprint density at radius 1 is 0.941 bits per heavy atom. The summed E-state index contributed by atoms with van der Waals surface area (Å²) in [6.45, 7) is 3.11. The average molecular weight is 275 g/mol. The first-order valence-electron chi connectivity index (χ1n) is 5.47. The first kappa shape index (κ1) is 12.3. The summed E-state index contributed by atoms with van der Waals surface area (Å²) in [5, 5.41) is 0. The Morgan fingerprint density at radius 2 is 1.35 bits per heavy atom. The molecule has 2 rings (SSSR count). The van der Waals surface area contributed by atoms with Crippen LogP contribution >= 0.6 is 0 Å². The van der Waals surface area contributed by atoms with Gasteiger partial charge >= 0.3 is 104 Å². The van der Waals surface area contributed by atoms with Gasteiger partial charge in [0, 0.05) is 0 Å². The average Bonchev–Trinajstić information content (AvgIpc) is 2.88. The van der Waals surface area contributed by atoms with Crippen molar-refractivity contribution in [2.45, 2.75) is 26.7 Å². The molecule has 0 aromatic carbocycles. The van der Waals surface area contributed by atoms with Crippen LogP contribution in [0.2, 0.25) is 0 Å². The van der Waals surface area contributed by atoms with Crippen LogP contribution in [0.1, 0.15) is 26.7 Å². The predicted octanol–water partition coefficient (Wildman–Crippen LogP) is 2.92. The number of carbonyl (C=O) groups is 2. The van der Waals surface area contributed by atoms with Crippen LogP contribution in [0.4, 0.5) is 0 Å². The van der Waals surface area contributed by atoms with E-state index in [0.29, 0.717) is 0 Å². The quantitative estimate of drug-likeness (QED) is 0.739. The third-order valence-corrected chi connectivity index (χ3v) is 7.40. The maximum atomic E-state index is 12.2. The molecule has 94 valence electrons. The maximum absolute atomic E-state index is 12.2. The van der Waals surface area contributed by atoms with Crippen molar-refractivity contribution in [1.82, 2.24) is 0 Å². The van der Waals surface area contributed by atoms with E-state index in [4.69, 9.17) is 0 Å².